The van der Waals surface area contributed by atoms with Gasteiger partial charge in [0.2, 0.25) is 0 Å². The molecule has 0 saturated heterocycles. The molecule has 0 bridgehead atoms. The number of amides is 1. The van der Waals surface area contributed by atoms with Crippen molar-refractivity contribution in [2.75, 3.05) is 0 Å². The summed E-state index contributed by atoms with van der Waals surface area (Å²) in [4.78, 5) is 11.2. The van der Waals surface area contributed by atoms with E-state index in [-0.39, 0.29) is 22.6 Å². The molecule has 8 heteroatoms. The molecule has 3 N–H and O–H groups in total. The van der Waals surface area contributed by atoms with Gasteiger partial charge in [0.15, 0.2) is 0 Å². The summed E-state index contributed by atoms with van der Waals surface area (Å²) in [5.41, 5.74) is 4.38. The van der Waals surface area contributed by atoms with Crippen LogP contribution in [0, 0.1) is 5.41 Å². The standard InChI is InChI=1S/C14H11ClF3N3O/c15-10-5-11(13(20)22)12(19)21(7-10)6-8-2-1-3-9(4-8)14(16,17)18/h1-5,7,19H,6H2,(H2,20,22). The molecule has 2 aromatic rings. The molecule has 0 atom stereocenters. The van der Waals surface area contributed by atoms with Gasteiger partial charge in [0.1, 0.15) is 5.49 Å². The minimum absolute atomic E-state index is 0.0381. The van der Waals surface area contributed by atoms with Crippen LogP contribution >= 0.6 is 11.6 Å². The molecule has 116 valence electrons. The molecule has 0 radical (unpaired) electrons. The highest BCUT2D eigenvalue weighted by molar-refractivity contribution is 6.30. The number of carbonyl (C=O) groups excluding carboxylic acids is 1. The van der Waals surface area contributed by atoms with Crippen LogP contribution in [0.3, 0.4) is 0 Å². The number of nitrogens with zero attached hydrogens (tertiary/aromatic N) is 1. The first-order chi connectivity index (χ1) is 10.2. The average molecular weight is 330 g/mol. The summed E-state index contributed by atoms with van der Waals surface area (Å²) in [5.74, 6) is -0.828. The number of carbonyl (C=O) groups is 1. The van der Waals surface area contributed by atoms with Crippen LogP contribution in [0.4, 0.5) is 13.2 Å². The predicted octanol–water partition coefficient (Wildman–Crippen LogP) is 2.79. The quantitative estimate of drug-likeness (QED) is 0.893. The highest BCUT2D eigenvalue weighted by Gasteiger charge is 2.30. The van der Waals surface area contributed by atoms with Crippen LogP contribution < -0.4 is 11.2 Å². The number of pyridine rings is 1. The maximum absolute atomic E-state index is 12.7. The van der Waals surface area contributed by atoms with Crippen molar-refractivity contribution >= 4 is 17.5 Å². The lowest BCUT2D eigenvalue weighted by molar-refractivity contribution is -0.137. The summed E-state index contributed by atoms with van der Waals surface area (Å²) >= 11 is 5.84. The number of nitrogens with two attached hydrogens (primary N) is 1. The van der Waals surface area contributed by atoms with Gasteiger partial charge in [-0.15, -0.1) is 0 Å². The van der Waals surface area contributed by atoms with Crippen molar-refractivity contribution in [3.05, 3.63) is 63.7 Å². The SMILES string of the molecule is N=c1c(C(N)=O)cc(Cl)cn1Cc1cccc(C(F)(F)F)c1. The molecular formula is C14H11ClF3N3O. The van der Waals surface area contributed by atoms with Crippen molar-refractivity contribution < 1.29 is 18.0 Å². The van der Waals surface area contributed by atoms with E-state index in [4.69, 9.17) is 22.7 Å². The molecule has 22 heavy (non-hydrogen) atoms. The number of hydrogen-bond donors (Lipinski definition) is 2. The maximum atomic E-state index is 12.7. The number of hydrogen-bond acceptors (Lipinski definition) is 2. The zero-order valence-corrected chi connectivity index (χ0v) is 11.9. The zero-order chi connectivity index (χ0) is 16.5. The number of primary amides is 1. The van der Waals surface area contributed by atoms with Gasteiger partial charge in [-0.1, -0.05) is 23.7 Å². The van der Waals surface area contributed by atoms with Gasteiger partial charge < -0.3 is 10.3 Å². The molecule has 1 aromatic heterocycles. The van der Waals surface area contributed by atoms with Crippen molar-refractivity contribution in [1.29, 1.82) is 5.41 Å². The van der Waals surface area contributed by atoms with E-state index in [0.29, 0.717) is 5.56 Å². The average Bonchev–Trinajstić information content (AvgIpc) is 2.41. The van der Waals surface area contributed by atoms with E-state index in [0.717, 1.165) is 12.1 Å². The first-order valence-electron chi connectivity index (χ1n) is 6.09. The van der Waals surface area contributed by atoms with Crippen molar-refractivity contribution in [2.24, 2.45) is 5.73 Å². The van der Waals surface area contributed by atoms with Gasteiger partial charge >= 0.3 is 6.18 Å². The second-order valence-corrected chi connectivity index (χ2v) is 5.05. The topological polar surface area (TPSA) is 71.9 Å². The Hall–Kier alpha value is -2.28. The van der Waals surface area contributed by atoms with E-state index >= 15 is 0 Å². The first kappa shape index (κ1) is 16.1. The van der Waals surface area contributed by atoms with E-state index in [1.54, 1.807) is 0 Å². The summed E-state index contributed by atoms with van der Waals surface area (Å²) in [6.45, 7) is -0.0381. The third kappa shape index (κ3) is 3.48. The number of benzene rings is 1. The normalized spacial score (nSPS) is 11.5. The molecular weight excluding hydrogens is 319 g/mol. The molecule has 0 spiro atoms. The Morgan fingerprint density at radius 1 is 1.32 bits per heavy atom. The fraction of sp³-hybridized carbons (Fsp3) is 0.143. The predicted molar refractivity (Wildman–Crippen MR) is 74.4 cm³/mol. The summed E-state index contributed by atoms with van der Waals surface area (Å²) in [6.07, 6.45) is -3.09. The fourth-order valence-electron chi connectivity index (χ4n) is 1.97. The summed E-state index contributed by atoms with van der Waals surface area (Å²) in [5, 5.41) is 8.04. The highest BCUT2D eigenvalue weighted by atomic mass is 35.5. The lowest BCUT2D eigenvalue weighted by Gasteiger charge is -2.12. The number of nitrogens with one attached hydrogen (secondary N) is 1. The van der Waals surface area contributed by atoms with Gasteiger partial charge in [0, 0.05) is 12.7 Å². The van der Waals surface area contributed by atoms with Crippen LogP contribution in [0.5, 0.6) is 0 Å². The van der Waals surface area contributed by atoms with Gasteiger partial charge in [-0.05, 0) is 23.8 Å². The Morgan fingerprint density at radius 2 is 2.00 bits per heavy atom. The van der Waals surface area contributed by atoms with Gasteiger partial charge in [0.25, 0.3) is 5.91 Å². The second kappa shape index (κ2) is 5.84. The Labute approximate surface area is 128 Å². The van der Waals surface area contributed by atoms with Gasteiger partial charge in [-0.2, -0.15) is 13.2 Å². The lowest BCUT2D eigenvalue weighted by atomic mass is 10.1. The molecule has 0 aliphatic carbocycles. The van der Waals surface area contributed by atoms with Crippen molar-refractivity contribution in [3.63, 3.8) is 0 Å². The zero-order valence-electron chi connectivity index (χ0n) is 11.1. The molecule has 1 heterocycles. The van der Waals surface area contributed by atoms with Crippen molar-refractivity contribution in [2.45, 2.75) is 12.7 Å². The van der Waals surface area contributed by atoms with E-state index in [2.05, 4.69) is 0 Å². The molecule has 1 aromatic carbocycles. The summed E-state index contributed by atoms with van der Waals surface area (Å²) < 4.78 is 39.3. The van der Waals surface area contributed by atoms with Crippen LogP contribution in [0.25, 0.3) is 0 Å². The number of rotatable bonds is 3. The van der Waals surface area contributed by atoms with E-state index in [1.165, 1.54) is 29.0 Å². The molecule has 0 aliphatic rings. The van der Waals surface area contributed by atoms with Gasteiger partial charge in [0.05, 0.1) is 16.1 Å². The Morgan fingerprint density at radius 3 is 2.59 bits per heavy atom. The molecule has 0 aliphatic heterocycles. The Kier molecular flexibility index (Phi) is 4.27. The van der Waals surface area contributed by atoms with Crippen molar-refractivity contribution in [3.8, 4) is 0 Å². The second-order valence-electron chi connectivity index (χ2n) is 4.61. The largest absolute Gasteiger partial charge is 0.416 e. The van der Waals surface area contributed by atoms with Crippen molar-refractivity contribution in [1.82, 2.24) is 4.57 Å². The van der Waals surface area contributed by atoms with E-state index in [9.17, 15) is 18.0 Å². The lowest BCUT2D eigenvalue weighted by Crippen LogP contribution is -2.29. The van der Waals surface area contributed by atoms with Crippen LogP contribution in [0.2, 0.25) is 5.02 Å². The van der Waals surface area contributed by atoms with E-state index < -0.39 is 17.6 Å². The molecule has 0 unspecified atom stereocenters. The molecule has 0 saturated carbocycles. The van der Waals surface area contributed by atoms with E-state index in [1.807, 2.05) is 0 Å². The monoisotopic (exact) mass is 329 g/mol. The highest BCUT2D eigenvalue weighted by Crippen LogP contribution is 2.29. The fourth-order valence-corrected chi connectivity index (χ4v) is 2.19. The van der Waals surface area contributed by atoms with Gasteiger partial charge in [-0.3, -0.25) is 10.2 Å². The molecule has 1 amide bonds. The van der Waals surface area contributed by atoms with Crippen LogP contribution in [0.1, 0.15) is 21.5 Å². The minimum Gasteiger partial charge on any atom is -0.365 e. The number of halogens is 4. The molecule has 4 nitrogen and oxygen atoms in total. The van der Waals surface area contributed by atoms with Crippen LogP contribution in [-0.2, 0) is 12.7 Å². The minimum atomic E-state index is -4.45. The number of aromatic nitrogens is 1. The Balaban J connectivity index is 2.44. The smallest absolute Gasteiger partial charge is 0.365 e. The number of alkyl halides is 3. The van der Waals surface area contributed by atoms with Crippen LogP contribution in [0.15, 0.2) is 36.5 Å². The maximum Gasteiger partial charge on any atom is 0.416 e. The summed E-state index contributed by atoms with van der Waals surface area (Å²) in [6, 6.07) is 5.96. The molecule has 0 fully saturated rings. The molecule has 2 rings (SSSR count). The van der Waals surface area contributed by atoms with Gasteiger partial charge in [-0.25, -0.2) is 0 Å². The first-order valence-corrected chi connectivity index (χ1v) is 6.47. The third-order valence-corrected chi connectivity index (χ3v) is 3.18. The van der Waals surface area contributed by atoms with Crippen LogP contribution in [-0.4, -0.2) is 10.5 Å². The summed E-state index contributed by atoms with van der Waals surface area (Å²) in [7, 11) is 0. The Bertz CT molecular complexity index is 784. The third-order valence-electron chi connectivity index (χ3n) is 2.98.